The summed E-state index contributed by atoms with van der Waals surface area (Å²) in [6.45, 7) is -0.370. The first kappa shape index (κ1) is 15.5. The molecule has 0 spiro atoms. The minimum absolute atomic E-state index is 0.169. The molecule has 2 N–H and O–H groups in total. The lowest BCUT2D eigenvalue weighted by molar-refractivity contribution is -0.147. The van der Waals surface area contributed by atoms with Gasteiger partial charge in [-0.3, -0.25) is 14.9 Å². The summed E-state index contributed by atoms with van der Waals surface area (Å²) in [4.78, 5) is 13.0. The number of anilines is 1. The molecule has 0 bridgehead atoms. The number of amides is 2. The van der Waals surface area contributed by atoms with Crippen molar-refractivity contribution in [2.75, 3.05) is 25.0 Å². The van der Waals surface area contributed by atoms with Crippen LogP contribution in [0.4, 0.5) is 23.8 Å². The molecule has 1 atom stereocenters. The van der Waals surface area contributed by atoms with E-state index in [0.29, 0.717) is 19.4 Å². The Morgan fingerprint density at radius 2 is 2.29 bits per heavy atom. The molecule has 10 heteroatoms. The largest absolute Gasteiger partial charge is 0.401 e. The molecule has 1 unspecified atom stereocenters. The van der Waals surface area contributed by atoms with E-state index in [0.717, 1.165) is 0 Å². The van der Waals surface area contributed by atoms with E-state index >= 15 is 0 Å². The van der Waals surface area contributed by atoms with Crippen molar-refractivity contribution in [1.29, 1.82) is 0 Å². The van der Waals surface area contributed by atoms with Crippen LogP contribution in [0.5, 0.6) is 0 Å². The van der Waals surface area contributed by atoms with E-state index in [1.165, 1.54) is 15.8 Å². The Labute approximate surface area is 119 Å². The van der Waals surface area contributed by atoms with Gasteiger partial charge in [0, 0.05) is 19.6 Å². The summed E-state index contributed by atoms with van der Waals surface area (Å²) in [5, 5.41) is 12.4. The van der Waals surface area contributed by atoms with Crippen molar-refractivity contribution in [2.24, 2.45) is 7.05 Å². The molecule has 0 aliphatic carbocycles. The van der Waals surface area contributed by atoms with Gasteiger partial charge in [0.2, 0.25) is 0 Å². The summed E-state index contributed by atoms with van der Waals surface area (Å²) >= 11 is 0. The fourth-order valence-corrected chi connectivity index (χ4v) is 2.34. The zero-order chi connectivity index (χ0) is 15.5. The van der Waals surface area contributed by atoms with Crippen LogP contribution in [0.1, 0.15) is 12.8 Å². The Hall–Kier alpha value is -1.84. The first-order chi connectivity index (χ1) is 9.83. The number of halogens is 3. The number of likely N-dealkylation sites (tertiary alicyclic amines) is 1. The summed E-state index contributed by atoms with van der Waals surface area (Å²) in [5.74, 6) is 0.286. The van der Waals surface area contributed by atoms with E-state index in [-0.39, 0.29) is 18.4 Å². The first-order valence-electron chi connectivity index (χ1n) is 6.55. The monoisotopic (exact) mass is 306 g/mol. The van der Waals surface area contributed by atoms with Crippen molar-refractivity contribution < 1.29 is 18.0 Å². The van der Waals surface area contributed by atoms with Crippen LogP contribution in [0, 0.1) is 0 Å². The molecule has 1 fully saturated rings. The number of carbonyl (C=O) groups excluding carboxylic acids is 1. The number of hydrogen-bond donors (Lipinski definition) is 2. The van der Waals surface area contributed by atoms with Crippen LogP contribution in [0.2, 0.25) is 0 Å². The Morgan fingerprint density at radius 3 is 2.90 bits per heavy atom. The number of hydrogen-bond acceptors (Lipinski definition) is 4. The van der Waals surface area contributed by atoms with Gasteiger partial charge in [-0.15, -0.1) is 5.10 Å². The summed E-state index contributed by atoms with van der Waals surface area (Å²) in [7, 11) is 1.66. The standard InChI is InChI=1S/C11H17F3N6O/c1-19-6-9(17-18-19)16-10(21)15-5-8-3-2-4-20(8)7-11(12,13)14/h6,8H,2-5,7H2,1H3,(H2,15,16,21). The lowest BCUT2D eigenvalue weighted by Gasteiger charge is -2.25. The maximum atomic E-state index is 12.4. The van der Waals surface area contributed by atoms with E-state index in [9.17, 15) is 18.0 Å². The third-order valence-electron chi connectivity index (χ3n) is 3.22. The van der Waals surface area contributed by atoms with Crippen molar-refractivity contribution >= 4 is 11.8 Å². The molecule has 7 nitrogen and oxygen atoms in total. The molecular formula is C11H17F3N6O. The molecule has 1 saturated heterocycles. The maximum absolute atomic E-state index is 12.4. The average Bonchev–Trinajstić information content (AvgIpc) is 2.94. The molecule has 1 aromatic heterocycles. The first-order valence-corrected chi connectivity index (χ1v) is 6.55. The van der Waals surface area contributed by atoms with Crippen LogP contribution < -0.4 is 10.6 Å². The fourth-order valence-electron chi connectivity index (χ4n) is 2.34. The zero-order valence-electron chi connectivity index (χ0n) is 11.5. The van der Waals surface area contributed by atoms with Gasteiger partial charge in [0.15, 0.2) is 5.82 Å². The van der Waals surface area contributed by atoms with E-state index in [4.69, 9.17) is 0 Å². The highest BCUT2D eigenvalue weighted by atomic mass is 19.4. The van der Waals surface area contributed by atoms with E-state index in [1.807, 2.05) is 0 Å². The SMILES string of the molecule is Cn1cc(NC(=O)NCC2CCCN2CC(F)(F)F)nn1. The number of nitrogens with one attached hydrogen (secondary N) is 2. The highest BCUT2D eigenvalue weighted by molar-refractivity contribution is 5.87. The predicted octanol–water partition coefficient (Wildman–Crippen LogP) is 0.963. The molecule has 118 valence electrons. The topological polar surface area (TPSA) is 75.1 Å². The fraction of sp³-hybridized carbons (Fsp3) is 0.727. The Bertz CT molecular complexity index is 489. The van der Waals surface area contributed by atoms with Crippen LogP contribution in [-0.4, -0.2) is 57.8 Å². The number of urea groups is 1. The minimum Gasteiger partial charge on any atom is -0.336 e. The molecule has 1 aromatic rings. The number of carbonyl (C=O) groups is 1. The number of aryl methyl sites for hydroxylation is 1. The molecule has 2 amide bonds. The normalized spacial score (nSPS) is 19.7. The van der Waals surface area contributed by atoms with Crippen molar-refractivity contribution in [1.82, 2.24) is 25.2 Å². The second-order valence-electron chi connectivity index (χ2n) is 4.99. The van der Waals surface area contributed by atoms with Crippen molar-refractivity contribution in [3.05, 3.63) is 6.20 Å². The van der Waals surface area contributed by atoms with Gasteiger partial charge in [-0.2, -0.15) is 13.2 Å². The Balaban J connectivity index is 1.77. The average molecular weight is 306 g/mol. The molecule has 1 aliphatic heterocycles. The summed E-state index contributed by atoms with van der Waals surface area (Å²) in [5.41, 5.74) is 0. The summed E-state index contributed by atoms with van der Waals surface area (Å²) in [6.07, 6.45) is -1.36. The lowest BCUT2D eigenvalue weighted by Crippen LogP contribution is -2.44. The van der Waals surface area contributed by atoms with Gasteiger partial charge < -0.3 is 5.32 Å². The molecule has 0 saturated carbocycles. The molecule has 0 radical (unpaired) electrons. The van der Waals surface area contributed by atoms with Gasteiger partial charge in [0.05, 0.1) is 12.7 Å². The van der Waals surface area contributed by atoms with Crippen molar-refractivity contribution in [3.8, 4) is 0 Å². The molecule has 1 aliphatic rings. The van der Waals surface area contributed by atoms with Crippen molar-refractivity contribution in [2.45, 2.75) is 25.1 Å². The summed E-state index contributed by atoms with van der Waals surface area (Å²) in [6, 6.07) is -0.798. The molecular weight excluding hydrogens is 289 g/mol. The second-order valence-corrected chi connectivity index (χ2v) is 4.99. The van der Waals surface area contributed by atoms with Gasteiger partial charge in [-0.1, -0.05) is 5.21 Å². The van der Waals surface area contributed by atoms with Gasteiger partial charge in [0.25, 0.3) is 0 Å². The van der Waals surface area contributed by atoms with Gasteiger partial charge in [-0.25, -0.2) is 4.79 Å². The molecule has 0 aromatic carbocycles. The highest BCUT2D eigenvalue weighted by Gasteiger charge is 2.36. The number of rotatable bonds is 4. The van der Waals surface area contributed by atoms with Crippen LogP contribution >= 0.6 is 0 Å². The third-order valence-corrected chi connectivity index (χ3v) is 3.22. The zero-order valence-corrected chi connectivity index (χ0v) is 11.5. The molecule has 2 rings (SSSR count). The van der Waals surface area contributed by atoms with Gasteiger partial charge >= 0.3 is 12.2 Å². The van der Waals surface area contributed by atoms with Crippen molar-refractivity contribution in [3.63, 3.8) is 0 Å². The van der Waals surface area contributed by atoms with E-state index in [2.05, 4.69) is 20.9 Å². The second kappa shape index (κ2) is 6.29. The van der Waals surface area contributed by atoms with E-state index in [1.54, 1.807) is 7.05 Å². The predicted molar refractivity (Wildman–Crippen MR) is 68.7 cm³/mol. The molecule has 21 heavy (non-hydrogen) atoms. The number of aromatic nitrogens is 3. The smallest absolute Gasteiger partial charge is 0.336 e. The minimum atomic E-state index is -4.22. The third kappa shape index (κ3) is 4.88. The van der Waals surface area contributed by atoms with Gasteiger partial charge in [0.1, 0.15) is 0 Å². The van der Waals surface area contributed by atoms with Crippen LogP contribution in [0.15, 0.2) is 6.20 Å². The lowest BCUT2D eigenvalue weighted by atomic mass is 10.2. The Morgan fingerprint density at radius 1 is 1.52 bits per heavy atom. The quantitative estimate of drug-likeness (QED) is 0.869. The van der Waals surface area contributed by atoms with E-state index < -0.39 is 18.8 Å². The highest BCUT2D eigenvalue weighted by Crippen LogP contribution is 2.23. The molecule has 2 heterocycles. The van der Waals surface area contributed by atoms with Crippen LogP contribution in [0.3, 0.4) is 0 Å². The number of alkyl halides is 3. The Kier molecular flexibility index (Phi) is 4.66. The van der Waals surface area contributed by atoms with Gasteiger partial charge in [-0.05, 0) is 19.4 Å². The van der Waals surface area contributed by atoms with Crippen LogP contribution in [0.25, 0.3) is 0 Å². The van der Waals surface area contributed by atoms with Crippen LogP contribution in [-0.2, 0) is 7.05 Å². The summed E-state index contributed by atoms with van der Waals surface area (Å²) < 4.78 is 38.7. The maximum Gasteiger partial charge on any atom is 0.401 e. The number of nitrogens with zero attached hydrogens (tertiary/aromatic N) is 4.